The van der Waals surface area contributed by atoms with Gasteiger partial charge in [0, 0.05) is 53.4 Å². The van der Waals surface area contributed by atoms with Crippen LogP contribution in [0.5, 0.6) is 0 Å². The summed E-state index contributed by atoms with van der Waals surface area (Å²) in [6.45, 7) is 6.39. The molecule has 0 saturated carbocycles. The van der Waals surface area contributed by atoms with Crippen LogP contribution in [0.1, 0.15) is 25.7 Å². The van der Waals surface area contributed by atoms with Gasteiger partial charge in [-0.2, -0.15) is 4.98 Å². The highest BCUT2D eigenvalue weighted by Crippen LogP contribution is 2.23. The molecule has 2 aliphatic heterocycles. The number of aliphatic imine (C=N–C) groups is 1. The standard InChI is InChI=1S/C20H31N7O3.ClH/c1-23-17-16(18(28)24(2)20(23)29)27(19(22-17)26-8-4-3-5-9-26)10-6-7-21-15-25-11-13-30-14-12-25;/h15H,3-14H2,1-2H3;1H. The molecule has 0 unspecified atom stereocenters. The van der Waals surface area contributed by atoms with Crippen molar-refractivity contribution in [2.24, 2.45) is 19.1 Å². The van der Waals surface area contributed by atoms with Crippen LogP contribution in [0.25, 0.3) is 11.2 Å². The van der Waals surface area contributed by atoms with Crippen molar-refractivity contribution in [2.75, 3.05) is 50.8 Å². The first-order valence-corrected chi connectivity index (χ1v) is 10.8. The van der Waals surface area contributed by atoms with Crippen molar-refractivity contribution in [2.45, 2.75) is 32.2 Å². The number of ether oxygens (including phenoxy) is 1. The first-order chi connectivity index (χ1) is 14.6. The number of nitrogens with zero attached hydrogens (tertiary/aromatic N) is 7. The summed E-state index contributed by atoms with van der Waals surface area (Å²) >= 11 is 0. The fourth-order valence-electron chi connectivity index (χ4n) is 4.17. The average molecular weight is 454 g/mol. The average Bonchev–Trinajstić information content (AvgIpc) is 3.17. The second-order valence-corrected chi connectivity index (χ2v) is 8.01. The van der Waals surface area contributed by atoms with Crippen molar-refractivity contribution < 1.29 is 4.74 Å². The van der Waals surface area contributed by atoms with E-state index in [-0.39, 0.29) is 23.7 Å². The summed E-state index contributed by atoms with van der Waals surface area (Å²) in [5, 5.41) is 0. The molecule has 10 nitrogen and oxygen atoms in total. The summed E-state index contributed by atoms with van der Waals surface area (Å²) in [6, 6.07) is 0. The molecule has 0 bridgehead atoms. The fraction of sp³-hybridized carbons (Fsp3) is 0.700. The zero-order valence-electron chi connectivity index (χ0n) is 18.3. The molecule has 2 fully saturated rings. The van der Waals surface area contributed by atoms with E-state index in [0.29, 0.717) is 24.3 Å². The highest BCUT2D eigenvalue weighted by molar-refractivity contribution is 5.85. The maximum atomic E-state index is 12.9. The molecule has 172 valence electrons. The smallest absolute Gasteiger partial charge is 0.332 e. The second kappa shape index (κ2) is 10.3. The molecular formula is C20H32ClN7O3. The topological polar surface area (TPSA) is 89.9 Å². The Labute approximate surface area is 187 Å². The van der Waals surface area contributed by atoms with Gasteiger partial charge in [0.25, 0.3) is 5.56 Å². The maximum Gasteiger partial charge on any atom is 0.332 e. The molecule has 0 aromatic carbocycles. The molecule has 0 amide bonds. The fourth-order valence-corrected chi connectivity index (χ4v) is 4.17. The normalized spacial score (nSPS) is 17.5. The summed E-state index contributed by atoms with van der Waals surface area (Å²) in [5.74, 6) is 0.792. The lowest BCUT2D eigenvalue weighted by molar-refractivity contribution is 0.0700. The van der Waals surface area contributed by atoms with Crippen LogP contribution in [0.2, 0.25) is 0 Å². The number of hydrogen-bond donors (Lipinski definition) is 0. The van der Waals surface area contributed by atoms with Gasteiger partial charge in [0.2, 0.25) is 5.95 Å². The molecule has 2 aromatic heterocycles. The van der Waals surface area contributed by atoms with Crippen molar-refractivity contribution in [1.82, 2.24) is 23.6 Å². The third kappa shape index (κ3) is 4.79. The van der Waals surface area contributed by atoms with Crippen LogP contribution < -0.4 is 16.1 Å². The zero-order chi connectivity index (χ0) is 21.1. The van der Waals surface area contributed by atoms with Gasteiger partial charge in [0.05, 0.1) is 19.6 Å². The second-order valence-electron chi connectivity index (χ2n) is 8.01. The molecule has 31 heavy (non-hydrogen) atoms. The van der Waals surface area contributed by atoms with Gasteiger partial charge < -0.3 is 19.1 Å². The van der Waals surface area contributed by atoms with Gasteiger partial charge in [-0.3, -0.25) is 18.9 Å². The number of aromatic nitrogens is 4. The molecule has 2 saturated heterocycles. The minimum absolute atomic E-state index is 0. The zero-order valence-corrected chi connectivity index (χ0v) is 19.1. The molecule has 0 N–H and O–H groups in total. The van der Waals surface area contributed by atoms with Crippen molar-refractivity contribution in [1.29, 1.82) is 0 Å². The van der Waals surface area contributed by atoms with Crippen LogP contribution in [0.4, 0.5) is 5.95 Å². The Morgan fingerprint density at radius 2 is 1.74 bits per heavy atom. The number of imidazole rings is 1. The lowest BCUT2D eigenvalue weighted by Crippen LogP contribution is -2.37. The first-order valence-electron chi connectivity index (χ1n) is 10.8. The van der Waals surface area contributed by atoms with E-state index in [2.05, 4.69) is 14.8 Å². The Balaban J connectivity index is 0.00000272. The molecular weight excluding hydrogens is 422 g/mol. The van der Waals surface area contributed by atoms with Crippen LogP contribution in [-0.2, 0) is 25.4 Å². The lowest BCUT2D eigenvalue weighted by atomic mass is 10.1. The Kier molecular flexibility index (Phi) is 7.77. The van der Waals surface area contributed by atoms with Crippen molar-refractivity contribution in [3.8, 4) is 0 Å². The molecule has 0 spiro atoms. The Bertz CT molecular complexity index is 1030. The molecule has 2 aromatic rings. The Morgan fingerprint density at radius 3 is 2.45 bits per heavy atom. The van der Waals surface area contributed by atoms with E-state index in [9.17, 15) is 9.59 Å². The lowest BCUT2D eigenvalue weighted by Gasteiger charge is -2.28. The van der Waals surface area contributed by atoms with E-state index < -0.39 is 0 Å². The predicted octanol–water partition coefficient (Wildman–Crippen LogP) is 0.596. The van der Waals surface area contributed by atoms with Crippen molar-refractivity contribution in [3.05, 3.63) is 20.8 Å². The number of hydrogen-bond acceptors (Lipinski definition) is 6. The maximum absolute atomic E-state index is 12.9. The first kappa shape index (κ1) is 23.3. The third-order valence-corrected chi connectivity index (χ3v) is 5.93. The molecule has 0 aliphatic carbocycles. The number of morpholine rings is 1. The van der Waals surface area contributed by atoms with Gasteiger partial charge >= 0.3 is 5.69 Å². The van der Waals surface area contributed by atoms with Gasteiger partial charge in [-0.1, -0.05) is 0 Å². The highest BCUT2D eigenvalue weighted by Gasteiger charge is 2.23. The number of fused-ring (bicyclic) bond motifs is 1. The minimum atomic E-state index is -0.350. The third-order valence-electron chi connectivity index (χ3n) is 5.93. The summed E-state index contributed by atoms with van der Waals surface area (Å²) in [4.78, 5) is 39.0. The van der Waals surface area contributed by atoms with E-state index in [0.717, 1.165) is 69.2 Å². The largest absolute Gasteiger partial charge is 0.378 e. The summed E-state index contributed by atoms with van der Waals surface area (Å²) in [5.41, 5.74) is 0.316. The minimum Gasteiger partial charge on any atom is -0.378 e. The van der Waals surface area contributed by atoms with Crippen LogP contribution in [-0.4, -0.2) is 75.9 Å². The van der Waals surface area contributed by atoms with Crippen LogP contribution in [0.3, 0.4) is 0 Å². The number of halogens is 1. The van der Waals surface area contributed by atoms with Crippen LogP contribution in [0.15, 0.2) is 14.6 Å². The summed E-state index contributed by atoms with van der Waals surface area (Å²) in [7, 11) is 3.20. The highest BCUT2D eigenvalue weighted by atomic mass is 35.5. The Morgan fingerprint density at radius 1 is 1.03 bits per heavy atom. The van der Waals surface area contributed by atoms with Crippen molar-refractivity contribution >= 4 is 35.9 Å². The van der Waals surface area contributed by atoms with E-state index >= 15 is 0 Å². The monoisotopic (exact) mass is 453 g/mol. The number of aryl methyl sites for hydroxylation is 2. The van der Waals surface area contributed by atoms with Crippen molar-refractivity contribution in [3.63, 3.8) is 0 Å². The number of anilines is 1. The molecule has 0 radical (unpaired) electrons. The molecule has 2 aliphatic rings. The molecule has 0 atom stereocenters. The predicted molar refractivity (Wildman–Crippen MR) is 124 cm³/mol. The number of piperidine rings is 1. The summed E-state index contributed by atoms with van der Waals surface area (Å²) < 4.78 is 9.98. The van der Waals surface area contributed by atoms with Gasteiger partial charge in [-0.15, -0.1) is 12.4 Å². The SMILES string of the molecule is Cl.Cn1c(=O)c2c(nc(N3CCCCC3)n2CCCN=CN2CCOCC2)n(C)c1=O. The van der Waals surface area contributed by atoms with Crippen LogP contribution >= 0.6 is 12.4 Å². The van der Waals surface area contributed by atoms with Gasteiger partial charge in [-0.25, -0.2) is 4.79 Å². The quantitative estimate of drug-likeness (QED) is 0.361. The summed E-state index contributed by atoms with van der Waals surface area (Å²) in [6.07, 6.45) is 6.14. The van der Waals surface area contributed by atoms with E-state index in [4.69, 9.17) is 9.72 Å². The van der Waals surface area contributed by atoms with E-state index in [1.54, 1.807) is 7.05 Å². The van der Waals surface area contributed by atoms with Gasteiger partial charge in [0.1, 0.15) is 0 Å². The molecule has 4 heterocycles. The molecule has 11 heteroatoms. The Hall–Kier alpha value is -2.33. The van der Waals surface area contributed by atoms with Crippen LogP contribution in [0, 0.1) is 0 Å². The molecule has 4 rings (SSSR count). The van der Waals surface area contributed by atoms with E-state index in [1.807, 2.05) is 10.9 Å². The van der Waals surface area contributed by atoms with Gasteiger partial charge in [-0.05, 0) is 25.7 Å². The number of rotatable bonds is 6. The van der Waals surface area contributed by atoms with Gasteiger partial charge in [0.15, 0.2) is 11.2 Å². The van der Waals surface area contributed by atoms with E-state index in [1.165, 1.54) is 18.0 Å².